The molecule has 1 fully saturated rings. The minimum Gasteiger partial charge on any atom is -0.303 e. The molecule has 4 heteroatoms. The van der Waals surface area contributed by atoms with E-state index in [4.69, 9.17) is 4.98 Å². The summed E-state index contributed by atoms with van der Waals surface area (Å²) in [5.41, 5.74) is 4.66. The van der Waals surface area contributed by atoms with Crippen LogP contribution in [0, 0.1) is 12.8 Å². The van der Waals surface area contributed by atoms with E-state index in [1.807, 2.05) is 12.3 Å². The van der Waals surface area contributed by atoms with Crippen molar-refractivity contribution in [1.29, 1.82) is 0 Å². The van der Waals surface area contributed by atoms with E-state index in [2.05, 4.69) is 73.0 Å². The molecule has 1 saturated heterocycles. The van der Waals surface area contributed by atoms with Crippen LogP contribution < -0.4 is 0 Å². The van der Waals surface area contributed by atoms with Crippen molar-refractivity contribution < 1.29 is 4.39 Å². The van der Waals surface area contributed by atoms with Crippen LogP contribution in [0.15, 0.2) is 72.2 Å². The zero-order valence-electron chi connectivity index (χ0n) is 21.8. The van der Waals surface area contributed by atoms with E-state index in [-0.39, 0.29) is 11.9 Å². The van der Waals surface area contributed by atoms with E-state index >= 15 is 0 Å². The summed E-state index contributed by atoms with van der Waals surface area (Å²) in [7, 11) is 0. The molecule has 1 aliphatic heterocycles. The molecule has 2 heterocycles. The van der Waals surface area contributed by atoms with Crippen molar-refractivity contribution in [3.05, 3.63) is 89.0 Å². The Hall–Kier alpha value is -2.30. The van der Waals surface area contributed by atoms with E-state index in [1.54, 1.807) is 6.08 Å². The average molecular weight is 476 g/mol. The number of aromatic nitrogens is 1. The summed E-state index contributed by atoms with van der Waals surface area (Å²) in [4.78, 5) is 10.0. The van der Waals surface area contributed by atoms with E-state index < -0.39 is 0 Å². The van der Waals surface area contributed by atoms with Gasteiger partial charge in [-0.3, -0.25) is 9.88 Å². The average Bonchev–Trinajstić information content (AvgIpc) is 2.87. The van der Waals surface area contributed by atoms with E-state index in [0.29, 0.717) is 12.0 Å². The highest BCUT2D eigenvalue weighted by Gasteiger charge is 2.29. The Balaban J connectivity index is 1.36. The SMILES string of the molecule is Cc1ccc(C(c2ccccn2)N(CC2CCN(CCCC3=CCCC=C3F)CC2)C(C)C)cc1. The van der Waals surface area contributed by atoms with Crippen molar-refractivity contribution in [3.8, 4) is 0 Å². The maximum absolute atomic E-state index is 14.0. The first-order chi connectivity index (χ1) is 17.0. The van der Waals surface area contributed by atoms with Gasteiger partial charge in [-0.05, 0) is 114 Å². The summed E-state index contributed by atoms with van der Waals surface area (Å²) in [6.07, 6.45) is 12.0. The number of benzene rings is 1. The fourth-order valence-corrected chi connectivity index (χ4v) is 5.53. The maximum atomic E-state index is 14.0. The Morgan fingerprint density at radius 1 is 1.03 bits per heavy atom. The molecule has 1 atom stereocenters. The number of allylic oxidation sites excluding steroid dienone is 4. The first-order valence-corrected chi connectivity index (χ1v) is 13.5. The third-order valence-electron chi connectivity index (χ3n) is 7.64. The topological polar surface area (TPSA) is 19.4 Å². The van der Waals surface area contributed by atoms with Crippen molar-refractivity contribution in [3.63, 3.8) is 0 Å². The molecule has 0 amide bonds. The number of piperidine rings is 1. The Labute approximate surface area is 211 Å². The van der Waals surface area contributed by atoms with Gasteiger partial charge in [-0.2, -0.15) is 0 Å². The van der Waals surface area contributed by atoms with Gasteiger partial charge >= 0.3 is 0 Å². The minimum absolute atomic E-state index is 0.0137. The lowest BCUT2D eigenvalue weighted by Crippen LogP contribution is -2.43. The molecule has 0 radical (unpaired) electrons. The van der Waals surface area contributed by atoms with Crippen LogP contribution in [0.4, 0.5) is 4.39 Å². The molecule has 4 rings (SSSR count). The van der Waals surface area contributed by atoms with Crippen LogP contribution in [0.3, 0.4) is 0 Å². The monoisotopic (exact) mass is 475 g/mol. The van der Waals surface area contributed by atoms with Crippen molar-refractivity contribution in [1.82, 2.24) is 14.8 Å². The summed E-state index contributed by atoms with van der Waals surface area (Å²) in [5, 5.41) is 0. The fourth-order valence-electron chi connectivity index (χ4n) is 5.53. The predicted molar refractivity (Wildman–Crippen MR) is 144 cm³/mol. The van der Waals surface area contributed by atoms with Crippen LogP contribution in [-0.2, 0) is 0 Å². The summed E-state index contributed by atoms with van der Waals surface area (Å²) in [6.45, 7) is 11.2. The van der Waals surface area contributed by atoms with Crippen LogP contribution in [0.2, 0.25) is 0 Å². The Bertz CT molecular complexity index is 972. The first-order valence-electron chi connectivity index (χ1n) is 13.5. The van der Waals surface area contributed by atoms with Crippen molar-refractivity contribution in [2.24, 2.45) is 5.92 Å². The first kappa shape index (κ1) is 25.8. The molecule has 3 nitrogen and oxygen atoms in total. The van der Waals surface area contributed by atoms with Crippen LogP contribution in [-0.4, -0.2) is 47.0 Å². The molecule has 1 aromatic heterocycles. The zero-order chi connectivity index (χ0) is 24.6. The van der Waals surface area contributed by atoms with Gasteiger partial charge in [0.1, 0.15) is 5.83 Å². The Morgan fingerprint density at radius 2 is 1.77 bits per heavy atom. The number of nitrogens with zero attached hydrogens (tertiary/aromatic N) is 3. The summed E-state index contributed by atoms with van der Waals surface area (Å²) in [6, 6.07) is 15.8. The number of halogens is 1. The lowest BCUT2D eigenvalue weighted by atomic mass is 9.92. The number of hydrogen-bond acceptors (Lipinski definition) is 3. The molecule has 0 N–H and O–H groups in total. The van der Waals surface area contributed by atoms with Gasteiger partial charge < -0.3 is 4.90 Å². The largest absolute Gasteiger partial charge is 0.303 e. The normalized spacial score (nSPS) is 18.6. The summed E-state index contributed by atoms with van der Waals surface area (Å²) >= 11 is 0. The fraction of sp³-hybridized carbons (Fsp3) is 0.516. The molecule has 1 aliphatic carbocycles. The van der Waals surface area contributed by atoms with E-state index in [1.165, 1.54) is 24.0 Å². The smallest absolute Gasteiger partial charge is 0.122 e. The third kappa shape index (κ3) is 7.11. The number of rotatable bonds is 10. The zero-order valence-corrected chi connectivity index (χ0v) is 21.8. The molecule has 1 unspecified atom stereocenters. The predicted octanol–water partition coefficient (Wildman–Crippen LogP) is 7.26. The molecule has 35 heavy (non-hydrogen) atoms. The van der Waals surface area contributed by atoms with Gasteiger partial charge in [-0.25, -0.2) is 4.39 Å². The van der Waals surface area contributed by atoms with Crippen LogP contribution >= 0.6 is 0 Å². The highest BCUT2D eigenvalue weighted by molar-refractivity contribution is 5.31. The highest BCUT2D eigenvalue weighted by Crippen LogP contribution is 2.32. The standard InChI is InChI=1S/C31H42FN3/c1-24(2)35(31(30-12-6-7-19-33-30)28-15-13-25(3)14-16-28)23-26-17-21-34(22-18-26)20-8-10-27-9-4-5-11-29(27)32/h6-7,9,11-16,19,24,26,31H,4-5,8,10,17-18,20-23H2,1-3H3. The lowest BCUT2D eigenvalue weighted by Gasteiger charge is -2.40. The summed E-state index contributed by atoms with van der Waals surface area (Å²) < 4.78 is 14.0. The van der Waals surface area contributed by atoms with E-state index in [9.17, 15) is 4.39 Å². The molecule has 2 aromatic rings. The number of hydrogen-bond donors (Lipinski definition) is 0. The van der Waals surface area contributed by atoms with Crippen molar-refractivity contribution in [2.75, 3.05) is 26.2 Å². The quantitative estimate of drug-likeness (QED) is 0.361. The maximum Gasteiger partial charge on any atom is 0.122 e. The molecule has 0 spiro atoms. The Kier molecular flexibility index (Phi) is 9.28. The highest BCUT2D eigenvalue weighted by atomic mass is 19.1. The molecule has 1 aromatic carbocycles. The third-order valence-corrected chi connectivity index (χ3v) is 7.64. The van der Waals surface area contributed by atoms with Gasteiger partial charge in [-0.1, -0.05) is 42.0 Å². The molecule has 2 aliphatic rings. The molecule has 0 saturated carbocycles. The second-order valence-electron chi connectivity index (χ2n) is 10.6. The number of likely N-dealkylation sites (tertiary alicyclic amines) is 1. The van der Waals surface area contributed by atoms with Crippen molar-refractivity contribution in [2.45, 2.75) is 71.4 Å². The second-order valence-corrected chi connectivity index (χ2v) is 10.6. The van der Waals surface area contributed by atoms with Gasteiger partial charge in [0.25, 0.3) is 0 Å². The molecule has 188 valence electrons. The van der Waals surface area contributed by atoms with Gasteiger partial charge in [-0.15, -0.1) is 0 Å². The lowest BCUT2D eigenvalue weighted by molar-refractivity contribution is 0.104. The van der Waals surface area contributed by atoms with Gasteiger partial charge in [0.2, 0.25) is 0 Å². The number of aryl methyl sites for hydroxylation is 1. The Morgan fingerprint density at radius 3 is 2.43 bits per heavy atom. The minimum atomic E-state index is 0.0137. The molecule has 0 bridgehead atoms. The number of pyridine rings is 1. The summed E-state index contributed by atoms with van der Waals surface area (Å²) in [5.74, 6) is 0.700. The van der Waals surface area contributed by atoms with Gasteiger partial charge in [0.05, 0.1) is 11.7 Å². The van der Waals surface area contributed by atoms with Crippen molar-refractivity contribution >= 4 is 0 Å². The van der Waals surface area contributed by atoms with Crippen LogP contribution in [0.1, 0.15) is 75.2 Å². The van der Waals surface area contributed by atoms with Gasteiger partial charge in [0, 0.05) is 18.8 Å². The van der Waals surface area contributed by atoms with E-state index in [0.717, 1.165) is 63.1 Å². The van der Waals surface area contributed by atoms with Crippen LogP contribution in [0.5, 0.6) is 0 Å². The molecular formula is C31H42FN3. The second kappa shape index (κ2) is 12.6. The molecular weight excluding hydrogens is 433 g/mol. The van der Waals surface area contributed by atoms with Gasteiger partial charge in [0.15, 0.2) is 0 Å². The van der Waals surface area contributed by atoms with Crippen LogP contribution in [0.25, 0.3) is 0 Å².